The van der Waals surface area contributed by atoms with Gasteiger partial charge in [-0.3, -0.25) is 0 Å². The maximum Gasteiger partial charge on any atom is 0.319 e. The van der Waals surface area contributed by atoms with E-state index in [0.717, 1.165) is 16.8 Å². The number of hydrogen-bond donors (Lipinski definition) is 3. The van der Waals surface area contributed by atoms with Crippen molar-refractivity contribution in [3.63, 3.8) is 0 Å². The lowest BCUT2D eigenvalue weighted by Gasteiger charge is -2.19. The Morgan fingerprint density at radius 1 is 1.16 bits per heavy atom. The smallest absolute Gasteiger partial charge is 0.319 e. The van der Waals surface area contributed by atoms with Crippen molar-refractivity contribution >= 4 is 11.7 Å². The second-order valence-corrected chi connectivity index (χ2v) is 5.77. The van der Waals surface area contributed by atoms with E-state index in [0.29, 0.717) is 26.1 Å². The maximum absolute atomic E-state index is 12.4. The fourth-order valence-corrected chi connectivity index (χ4v) is 2.59. The Labute approximate surface area is 149 Å². The lowest BCUT2D eigenvalue weighted by atomic mass is 10.0. The van der Waals surface area contributed by atoms with E-state index in [2.05, 4.69) is 10.6 Å². The van der Waals surface area contributed by atoms with Crippen LogP contribution in [0.5, 0.6) is 0 Å². The molecule has 0 aromatic heterocycles. The lowest BCUT2D eigenvalue weighted by Crippen LogP contribution is -2.32. The predicted octanol–water partition coefficient (Wildman–Crippen LogP) is 3.86. The number of hydrogen-bond acceptors (Lipinski definition) is 3. The average Bonchev–Trinajstić information content (AvgIpc) is 2.64. The number of urea groups is 1. The summed E-state index contributed by atoms with van der Waals surface area (Å²) in [6.07, 6.45) is 1.31. The maximum atomic E-state index is 12.4. The largest absolute Gasteiger partial charge is 0.396 e. The molecule has 1 unspecified atom stereocenters. The van der Waals surface area contributed by atoms with Crippen LogP contribution in [0.25, 0.3) is 0 Å². The van der Waals surface area contributed by atoms with Crippen molar-refractivity contribution in [2.75, 3.05) is 18.5 Å². The van der Waals surface area contributed by atoms with Gasteiger partial charge in [-0.2, -0.15) is 0 Å². The van der Waals surface area contributed by atoms with Crippen molar-refractivity contribution in [3.8, 4) is 0 Å². The van der Waals surface area contributed by atoms with Gasteiger partial charge in [0.05, 0.1) is 12.6 Å². The third-order valence-corrected chi connectivity index (χ3v) is 3.82. The molecule has 25 heavy (non-hydrogen) atoms. The zero-order chi connectivity index (χ0) is 17.9. The molecule has 0 saturated heterocycles. The standard InChI is InChI=1S/C20H26N2O3/c1-2-25-15-16-8-6-11-18(14-16)21-20(24)22-19(12-7-13-23)17-9-4-3-5-10-17/h3-6,8-11,14,19,23H,2,7,12-13,15H2,1H3,(H2,21,22,24). The number of aliphatic hydroxyl groups excluding tert-OH is 1. The molecule has 5 nitrogen and oxygen atoms in total. The van der Waals surface area contributed by atoms with Gasteiger partial charge in [-0.25, -0.2) is 4.79 Å². The van der Waals surface area contributed by atoms with Crippen LogP contribution in [0.2, 0.25) is 0 Å². The molecule has 2 aromatic rings. The van der Waals surface area contributed by atoms with Crippen molar-refractivity contribution < 1.29 is 14.6 Å². The molecule has 0 aliphatic carbocycles. The normalized spacial score (nSPS) is 11.8. The van der Waals surface area contributed by atoms with Gasteiger partial charge in [-0.15, -0.1) is 0 Å². The number of carbonyl (C=O) groups is 1. The molecule has 2 aromatic carbocycles. The number of aliphatic hydroxyl groups is 1. The van der Waals surface area contributed by atoms with Crippen molar-refractivity contribution in [3.05, 3.63) is 65.7 Å². The Morgan fingerprint density at radius 2 is 1.96 bits per heavy atom. The minimum Gasteiger partial charge on any atom is -0.396 e. The summed E-state index contributed by atoms with van der Waals surface area (Å²) in [6.45, 7) is 3.23. The van der Waals surface area contributed by atoms with Crippen LogP contribution in [0.4, 0.5) is 10.5 Å². The summed E-state index contributed by atoms with van der Waals surface area (Å²) in [4.78, 5) is 12.4. The summed E-state index contributed by atoms with van der Waals surface area (Å²) in [7, 11) is 0. The van der Waals surface area contributed by atoms with Gasteiger partial charge in [0.15, 0.2) is 0 Å². The van der Waals surface area contributed by atoms with Crippen molar-refractivity contribution in [1.82, 2.24) is 5.32 Å². The molecule has 0 saturated carbocycles. The van der Waals surface area contributed by atoms with Crippen LogP contribution < -0.4 is 10.6 Å². The van der Waals surface area contributed by atoms with E-state index < -0.39 is 0 Å². The van der Waals surface area contributed by atoms with Gasteiger partial charge in [-0.1, -0.05) is 42.5 Å². The molecular weight excluding hydrogens is 316 g/mol. The number of amides is 2. The fraction of sp³-hybridized carbons (Fsp3) is 0.350. The third-order valence-electron chi connectivity index (χ3n) is 3.82. The molecule has 3 N–H and O–H groups in total. The van der Waals surface area contributed by atoms with E-state index >= 15 is 0 Å². The fourth-order valence-electron chi connectivity index (χ4n) is 2.59. The minimum atomic E-state index is -0.264. The molecule has 2 amide bonds. The zero-order valence-corrected chi connectivity index (χ0v) is 14.6. The molecule has 0 aliphatic rings. The average molecular weight is 342 g/mol. The van der Waals surface area contributed by atoms with E-state index in [1.165, 1.54) is 0 Å². The molecule has 5 heteroatoms. The van der Waals surface area contributed by atoms with Crippen molar-refractivity contribution in [2.24, 2.45) is 0 Å². The molecule has 134 valence electrons. The summed E-state index contributed by atoms with van der Waals surface area (Å²) < 4.78 is 5.39. The van der Waals surface area contributed by atoms with Crippen LogP contribution in [0, 0.1) is 0 Å². The first-order valence-corrected chi connectivity index (χ1v) is 8.63. The Hall–Kier alpha value is -2.37. The van der Waals surface area contributed by atoms with Gasteiger partial charge in [0.2, 0.25) is 0 Å². The second kappa shape index (κ2) is 10.5. The highest BCUT2D eigenvalue weighted by molar-refractivity contribution is 5.89. The Balaban J connectivity index is 1.98. The summed E-state index contributed by atoms with van der Waals surface area (Å²) in [5.74, 6) is 0. The molecular formula is C20H26N2O3. The molecule has 0 fully saturated rings. The van der Waals surface area contributed by atoms with E-state index in [1.807, 2.05) is 61.5 Å². The number of carbonyl (C=O) groups excluding carboxylic acids is 1. The van der Waals surface area contributed by atoms with Crippen molar-refractivity contribution in [1.29, 1.82) is 0 Å². The van der Waals surface area contributed by atoms with Gasteiger partial charge in [0.1, 0.15) is 0 Å². The van der Waals surface area contributed by atoms with E-state index in [-0.39, 0.29) is 18.7 Å². The van der Waals surface area contributed by atoms with E-state index in [4.69, 9.17) is 9.84 Å². The first kappa shape index (κ1) is 19.0. The Kier molecular flexibility index (Phi) is 7.95. The predicted molar refractivity (Wildman–Crippen MR) is 99.4 cm³/mol. The third kappa shape index (κ3) is 6.57. The molecule has 0 radical (unpaired) electrons. The Bertz CT molecular complexity index is 646. The number of nitrogens with one attached hydrogen (secondary N) is 2. The van der Waals surface area contributed by atoms with Crippen LogP contribution in [0.3, 0.4) is 0 Å². The lowest BCUT2D eigenvalue weighted by molar-refractivity contribution is 0.134. The Morgan fingerprint density at radius 3 is 2.68 bits per heavy atom. The van der Waals surface area contributed by atoms with Gasteiger partial charge in [0, 0.05) is 18.9 Å². The highest BCUT2D eigenvalue weighted by atomic mass is 16.5. The highest BCUT2D eigenvalue weighted by Gasteiger charge is 2.14. The first-order chi connectivity index (χ1) is 12.2. The molecule has 1 atom stereocenters. The van der Waals surface area contributed by atoms with Crippen LogP contribution in [-0.2, 0) is 11.3 Å². The zero-order valence-electron chi connectivity index (χ0n) is 14.6. The molecule has 0 aliphatic heterocycles. The number of benzene rings is 2. The summed E-state index contributed by atoms with van der Waals surface area (Å²) in [6, 6.07) is 17.0. The van der Waals surface area contributed by atoms with Gasteiger partial charge in [-0.05, 0) is 43.0 Å². The van der Waals surface area contributed by atoms with Crippen LogP contribution in [0.15, 0.2) is 54.6 Å². The van der Waals surface area contributed by atoms with Crippen LogP contribution in [-0.4, -0.2) is 24.4 Å². The first-order valence-electron chi connectivity index (χ1n) is 8.63. The monoisotopic (exact) mass is 342 g/mol. The SMILES string of the molecule is CCOCc1cccc(NC(=O)NC(CCCO)c2ccccc2)c1. The highest BCUT2D eigenvalue weighted by Crippen LogP contribution is 2.19. The van der Waals surface area contributed by atoms with E-state index in [1.54, 1.807) is 0 Å². The quantitative estimate of drug-likeness (QED) is 0.648. The number of anilines is 1. The van der Waals surface area contributed by atoms with Gasteiger partial charge in [0.25, 0.3) is 0 Å². The van der Waals surface area contributed by atoms with Crippen LogP contribution in [0.1, 0.15) is 36.9 Å². The molecule has 2 rings (SSSR count). The molecule has 0 heterocycles. The van der Waals surface area contributed by atoms with Crippen LogP contribution >= 0.6 is 0 Å². The topological polar surface area (TPSA) is 70.6 Å². The molecule has 0 bridgehead atoms. The van der Waals surface area contributed by atoms with E-state index in [9.17, 15) is 4.79 Å². The molecule has 0 spiro atoms. The van der Waals surface area contributed by atoms with Gasteiger partial charge < -0.3 is 20.5 Å². The minimum absolute atomic E-state index is 0.103. The summed E-state index contributed by atoms with van der Waals surface area (Å²) in [5.41, 5.74) is 2.76. The van der Waals surface area contributed by atoms with Crippen molar-refractivity contribution in [2.45, 2.75) is 32.4 Å². The second-order valence-electron chi connectivity index (χ2n) is 5.77. The number of rotatable bonds is 9. The summed E-state index contributed by atoms with van der Waals surface area (Å²) >= 11 is 0. The summed E-state index contributed by atoms with van der Waals surface area (Å²) in [5, 5.41) is 14.9. The number of ether oxygens (including phenoxy) is 1. The van der Waals surface area contributed by atoms with Gasteiger partial charge >= 0.3 is 6.03 Å².